The number of anilines is 1. The summed E-state index contributed by atoms with van der Waals surface area (Å²) in [5.41, 5.74) is 1.76. The second kappa shape index (κ2) is 10.5. The van der Waals surface area contributed by atoms with E-state index in [1.165, 1.54) is 28.3 Å². The van der Waals surface area contributed by atoms with Crippen molar-refractivity contribution in [3.8, 4) is 5.75 Å². The number of nitrogens with zero attached hydrogens (tertiary/aromatic N) is 1. The van der Waals surface area contributed by atoms with Gasteiger partial charge in [0.15, 0.2) is 6.61 Å². The minimum absolute atomic E-state index is 0.0368. The van der Waals surface area contributed by atoms with Crippen LogP contribution in [0.4, 0.5) is 5.69 Å². The Morgan fingerprint density at radius 2 is 1.77 bits per heavy atom. The van der Waals surface area contributed by atoms with Gasteiger partial charge in [-0.3, -0.25) is 9.10 Å². The number of thiophene rings is 1. The Labute approximate surface area is 187 Å². The Morgan fingerprint density at radius 3 is 2.42 bits per heavy atom. The average molecular weight is 459 g/mol. The van der Waals surface area contributed by atoms with Crippen LogP contribution in [0.1, 0.15) is 18.9 Å². The molecule has 164 valence electrons. The molecule has 1 atom stereocenters. The summed E-state index contributed by atoms with van der Waals surface area (Å²) in [7, 11) is -2.07. The van der Waals surface area contributed by atoms with Gasteiger partial charge >= 0.3 is 0 Å². The first kappa shape index (κ1) is 22.8. The molecule has 0 radical (unpaired) electrons. The lowest BCUT2D eigenvalue weighted by Crippen LogP contribution is -2.36. The van der Waals surface area contributed by atoms with Crippen LogP contribution in [0, 0.1) is 0 Å². The maximum atomic E-state index is 12.6. The fraction of sp³-hybridized carbons (Fsp3) is 0.261. The molecule has 1 aromatic heterocycles. The number of amides is 1. The van der Waals surface area contributed by atoms with Crippen LogP contribution in [0.2, 0.25) is 0 Å². The Bertz CT molecular complexity index is 1070. The van der Waals surface area contributed by atoms with Gasteiger partial charge in [0.2, 0.25) is 0 Å². The van der Waals surface area contributed by atoms with Crippen LogP contribution in [0.15, 0.2) is 76.3 Å². The monoisotopic (exact) mass is 458 g/mol. The highest BCUT2D eigenvalue weighted by atomic mass is 32.2. The number of carbonyl (C=O) groups is 1. The van der Waals surface area contributed by atoms with Crippen molar-refractivity contribution >= 4 is 33.0 Å². The lowest BCUT2D eigenvalue weighted by Gasteiger charge is -2.19. The van der Waals surface area contributed by atoms with Crippen LogP contribution in [0.5, 0.6) is 5.75 Å². The summed E-state index contributed by atoms with van der Waals surface area (Å²) in [6.07, 6.45) is 1.74. The Kier molecular flexibility index (Phi) is 7.70. The highest BCUT2D eigenvalue weighted by Gasteiger charge is 2.22. The second-order valence-corrected chi connectivity index (χ2v) is 10.3. The first-order chi connectivity index (χ1) is 14.9. The molecule has 0 aliphatic rings. The third kappa shape index (κ3) is 6.32. The molecule has 0 fully saturated rings. The van der Waals surface area contributed by atoms with Gasteiger partial charge in [0.25, 0.3) is 15.9 Å². The predicted molar refractivity (Wildman–Crippen MR) is 124 cm³/mol. The van der Waals surface area contributed by atoms with Crippen molar-refractivity contribution in [2.45, 2.75) is 30.0 Å². The summed E-state index contributed by atoms with van der Waals surface area (Å²) >= 11 is 1.18. The van der Waals surface area contributed by atoms with Crippen LogP contribution in [-0.2, 0) is 21.2 Å². The number of aryl methyl sites for hydroxylation is 1. The molecule has 1 unspecified atom stereocenters. The van der Waals surface area contributed by atoms with Crippen LogP contribution < -0.4 is 14.4 Å². The Hall–Kier alpha value is -2.84. The van der Waals surface area contributed by atoms with E-state index in [0.29, 0.717) is 11.4 Å². The van der Waals surface area contributed by atoms with E-state index in [2.05, 4.69) is 17.4 Å². The minimum Gasteiger partial charge on any atom is -0.484 e. The number of nitrogens with one attached hydrogen (secondary N) is 1. The topological polar surface area (TPSA) is 75.7 Å². The third-order valence-electron chi connectivity index (χ3n) is 4.80. The van der Waals surface area contributed by atoms with E-state index in [0.717, 1.165) is 12.8 Å². The zero-order valence-corrected chi connectivity index (χ0v) is 19.2. The highest BCUT2D eigenvalue weighted by Crippen LogP contribution is 2.26. The summed E-state index contributed by atoms with van der Waals surface area (Å²) in [6, 6.07) is 20.1. The molecule has 8 heteroatoms. The van der Waals surface area contributed by atoms with E-state index < -0.39 is 10.0 Å². The Morgan fingerprint density at radius 1 is 1.06 bits per heavy atom. The predicted octanol–water partition coefficient (Wildman–Crippen LogP) is 4.09. The molecule has 0 bridgehead atoms. The van der Waals surface area contributed by atoms with Gasteiger partial charge in [-0.25, -0.2) is 8.42 Å². The number of benzene rings is 2. The number of rotatable bonds is 10. The summed E-state index contributed by atoms with van der Waals surface area (Å²) in [5, 5.41) is 4.66. The molecule has 0 saturated heterocycles. The van der Waals surface area contributed by atoms with Gasteiger partial charge in [-0.05, 0) is 61.0 Å². The molecule has 0 saturated carbocycles. The van der Waals surface area contributed by atoms with Gasteiger partial charge in [0.05, 0.1) is 5.69 Å². The van der Waals surface area contributed by atoms with Crippen LogP contribution in [0.25, 0.3) is 0 Å². The molecular formula is C23H26N2O4S2. The van der Waals surface area contributed by atoms with Crippen molar-refractivity contribution in [3.05, 3.63) is 77.7 Å². The van der Waals surface area contributed by atoms with Crippen molar-refractivity contribution in [1.29, 1.82) is 0 Å². The Balaban J connectivity index is 1.47. The number of carbonyl (C=O) groups excluding carboxylic acids is 1. The van der Waals surface area contributed by atoms with Gasteiger partial charge in [0, 0.05) is 13.1 Å². The molecule has 3 aromatic rings. The van der Waals surface area contributed by atoms with Crippen molar-refractivity contribution in [1.82, 2.24) is 5.32 Å². The fourth-order valence-electron chi connectivity index (χ4n) is 3.00. The molecule has 1 N–H and O–H groups in total. The van der Waals surface area contributed by atoms with Gasteiger partial charge in [-0.1, -0.05) is 36.4 Å². The first-order valence-electron chi connectivity index (χ1n) is 9.95. The molecule has 0 spiro atoms. The van der Waals surface area contributed by atoms with E-state index in [1.54, 1.807) is 41.8 Å². The first-order valence-corrected chi connectivity index (χ1v) is 12.3. The molecule has 3 rings (SSSR count). The van der Waals surface area contributed by atoms with E-state index in [4.69, 9.17) is 4.74 Å². The summed E-state index contributed by atoms with van der Waals surface area (Å²) in [6.45, 7) is 1.87. The van der Waals surface area contributed by atoms with Crippen LogP contribution >= 0.6 is 11.3 Å². The molecule has 31 heavy (non-hydrogen) atoms. The van der Waals surface area contributed by atoms with Crippen LogP contribution in [0.3, 0.4) is 0 Å². The van der Waals surface area contributed by atoms with Gasteiger partial charge < -0.3 is 10.1 Å². The number of sulfonamides is 1. The van der Waals surface area contributed by atoms with Crippen molar-refractivity contribution < 1.29 is 17.9 Å². The summed E-state index contributed by atoms with van der Waals surface area (Å²) in [5.74, 6) is 0.305. The van der Waals surface area contributed by atoms with Crippen molar-refractivity contribution in [2.75, 3.05) is 18.0 Å². The van der Waals surface area contributed by atoms with Crippen LogP contribution in [-0.4, -0.2) is 34.0 Å². The van der Waals surface area contributed by atoms with E-state index in [-0.39, 0.29) is 22.8 Å². The quantitative estimate of drug-likeness (QED) is 0.497. The molecule has 2 aromatic carbocycles. The van der Waals surface area contributed by atoms with Crippen molar-refractivity contribution in [3.63, 3.8) is 0 Å². The van der Waals surface area contributed by atoms with E-state index in [1.807, 2.05) is 25.1 Å². The lowest BCUT2D eigenvalue weighted by atomic mass is 10.1. The molecule has 0 aliphatic carbocycles. The smallest absolute Gasteiger partial charge is 0.273 e. The minimum atomic E-state index is -3.58. The zero-order chi connectivity index (χ0) is 22.3. The van der Waals surface area contributed by atoms with Crippen molar-refractivity contribution in [2.24, 2.45) is 0 Å². The van der Waals surface area contributed by atoms with Gasteiger partial charge in [0.1, 0.15) is 9.96 Å². The molecule has 6 nitrogen and oxygen atoms in total. The number of ether oxygens (including phenoxy) is 1. The molecule has 1 heterocycles. The standard InChI is InChI=1S/C23H26N2O4S2/c1-18(10-11-19-7-4-3-5-8-19)24-22(26)17-29-21-14-12-20(13-15-21)25(2)31(27,28)23-9-6-16-30-23/h3-9,12-16,18H,10-11,17H2,1-2H3,(H,24,26). The maximum absolute atomic E-state index is 12.6. The van der Waals surface area contributed by atoms with Gasteiger partial charge in [-0.2, -0.15) is 0 Å². The third-order valence-corrected chi connectivity index (χ3v) is 7.95. The molecular weight excluding hydrogens is 432 g/mol. The average Bonchev–Trinajstić information content (AvgIpc) is 3.33. The van der Waals surface area contributed by atoms with E-state index >= 15 is 0 Å². The maximum Gasteiger partial charge on any atom is 0.273 e. The number of hydrogen-bond donors (Lipinski definition) is 1. The molecule has 0 aliphatic heterocycles. The van der Waals surface area contributed by atoms with E-state index in [9.17, 15) is 13.2 Å². The second-order valence-electron chi connectivity index (χ2n) is 7.18. The lowest BCUT2D eigenvalue weighted by molar-refractivity contribution is -0.123. The fourth-order valence-corrected chi connectivity index (χ4v) is 5.36. The highest BCUT2D eigenvalue weighted by molar-refractivity contribution is 7.94. The normalized spacial score (nSPS) is 12.2. The number of hydrogen-bond acceptors (Lipinski definition) is 5. The largest absolute Gasteiger partial charge is 0.484 e. The molecule has 1 amide bonds. The summed E-state index contributed by atoms with van der Waals surface area (Å²) < 4.78 is 32.2. The SMILES string of the molecule is CC(CCc1ccccc1)NC(=O)COc1ccc(N(C)S(=O)(=O)c2cccs2)cc1. The zero-order valence-electron chi connectivity index (χ0n) is 17.5. The summed E-state index contributed by atoms with van der Waals surface area (Å²) in [4.78, 5) is 12.2. The van der Waals surface area contributed by atoms with Gasteiger partial charge in [-0.15, -0.1) is 11.3 Å².